The fraction of sp³-hybridized carbons (Fsp3) is 0.160. The molecule has 2 heterocycles. The van der Waals surface area contributed by atoms with Crippen LogP contribution in [-0.2, 0) is 10.0 Å². The molecule has 4 aromatic rings. The van der Waals surface area contributed by atoms with Crippen LogP contribution in [-0.4, -0.2) is 46.8 Å². The molecule has 0 atom stereocenters. The van der Waals surface area contributed by atoms with Crippen LogP contribution in [0.3, 0.4) is 0 Å². The number of carbonyl (C=O) groups excluding carboxylic acids is 1. The number of nitrogens with one attached hydrogen (secondary N) is 1. The number of aromatic nitrogens is 2. The van der Waals surface area contributed by atoms with Crippen molar-refractivity contribution < 1.29 is 18.3 Å². The minimum atomic E-state index is -3.77. The van der Waals surface area contributed by atoms with Crippen molar-refractivity contribution in [3.05, 3.63) is 78.5 Å². The summed E-state index contributed by atoms with van der Waals surface area (Å²) in [6, 6.07) is 18.1. The third-order valence-corrected chi connectivity index (χ3v) is 7.49. The van der Waals surface area contributed by atoms with Crippen molar-refractivity contribution in [3.63, 3.8) is 0 Å². The van der Waals surface area contributed by atoms with E-state index in [-0.39, 0.29) is 16.3 Å². The van der Waals surface area contributed by atoms with Gasteiger partial charge in [-0.2, -0.15) is 4.31 Å². The summed E-state index contributed by atoms with van der Waals surface area (Å²) in [6.45, 7) is 4.11. The minimum absolute atomic E-state index is 0.00138. The van der Waals surface area contributed by atoms with Crippen LogP contribution < -0.4 is 5.32 Å². The highest BCUT2D eigenvalue weighted by Crippen LogP contribution is 2.30. The number of amides is 1. The van der Waals surface area contributed by atoms with Gasteiger partial charge in [-0.15, -0.1) is 0 Å². The Balaban J connectivity index is 1.76. The second-order valence-corrected chi connectivity index (χ2v) is 9.45. The first kappa shape index (κ1) is 23.3. The van der Waals surface area contributed by atoms with Gasteiger partial charge in [-0.1, -0.05) is 38.1 Å². The van der Waals surface area contributed by atoms with Crippen LogP contribution >= 0.6 is 0 Å². The molecular formula is C25H24N4O4S. The van der Waals surface area contributed by atoms with E-state index in [1.54, 1.807) is 56.4 Å². The minimum Gasteiger partial charge on any atom is -0.506 e. The number of carbonyl (C=O) groups is 1. The monoisotopic (exact) mass is 476 g/mol. The largest absolute Gasteiger partial charge is 0.506 e. The summed E-state index contributed by atoms with van der Waals surface area (Å²) in [4.78, 5) is 22.3. The Hall–Kier alpha value is -3.82. The van der Waals surface area contributed by atoms with Gasteiger partial charge in [0.05, 0.1) is 33.1 Å². The van der Waals surface area contributed by atoms with E-state index in [0.717, 1.165) is 0 Å². The van der Waals surface area contributed by atoms with E-state index in [1.165, 1.54) is 22.5 Å². The third kappa shape index (κ3) is 4.48. The van der Waals surface area contributed by atoms with Crippen molar-refractivity contribution in [3.8, 4) is 17.1 Å². The molecule has 0 spiro atoms. The van der Waals surface area contributed by atoms with Gasteiger partial charge in [-0.05, 0) is 42.5 Å². The molecule has 9 heteroatoms. The molecule has 2 aromatic heterocycles. The number of phenolic OH excluding ortho intramolecular Hbond substituents is 1. The summed E-state index contributed by atoms with van der Waals surface area (Å²) in [7, 11) is -3.77. The summed E-state index contributed by atoms with van der Waals surface area (Å²) in [5.41, 5.74) is 2.06. The summed E-state index contributed by atoms with van der Waals surface area (Å²) in [5.74, 6) is -0.751. The van der Waals surface area contributed by atoms with Crippen molar-refractivity contribution in [2.75, 3.05) is 18.4 Å². The average Bonchev–Trinajstić information content (AvgIpc) is 2.85. The number of fused-ring (bicyclic) bond motifs is 1. The lowest BCUT2D eigenvalue weighted by Crippen LogP contribution is -2.30. The van der Waals surface area contributed by atoms with E-state index in [4.69, 9.17) is 0 Å². The Kier molecular flexibility index (Phi) is 6.58. The van der Waals surface area contributed by atoms with Gasteiger partial charge in [0.1, 0.15) is 5.75 Å². The van der Waals surface area contributed by atoms with E-state index in [0.29, 0.717) is 40.9 Å². The summed E-state index contributed by atoms with van der Waals surface area (Å²) in [6.07, 6.45) is 1.64. The molecule has 0 radical (unpaired) electrons. The zero-order valence-corrected chi connectivity index (χ0v) is 19.6. The molecule has 174 valence electrons. The number of nitrogens with zero attached hydrogens (tertiary/aromatic N) is 3. The van der Waals surface area contributed by atoms with E-state index in [1.807, 2.05) is 12.1 Å². The van der Waals surface area contributed by atoms with Gasteiger partial charge in [0.25, 0.3) is 5.91 Å². The Labute approximate surface area is 198 Å². The van der Waals surface area contributed by atoms with Crippen molar-refractivity contribution >= 4 is 32.5 Å². The molecule has 34 heavy (non-hydrogen) atoms. The maximum atomic E-state index is 13.3. The average molecular weight is 477 g/mol. The van der Waals surface area contributed by atoms with Gasteiger partial charge >= 0.3 is 0 Å². The van der Waals surface area contributed by atoms with Crippen molar-refractivity contribution in [1.82, 2.24) is 14.3 Å². The molecule has 4 rings (SSSR count). The molecule has 0 aliphatic heterocycles. The van der Waals surface area contributed by atoms with Crippen molar-refractivity contribution in [2.45, 2.75) is 18.7 Å². The van der Waals surface area contributed by atoms with E-state index >= 15 is 0 Å². The molecule has 0 saturated carbocycles. The smallest absolute Gasteiger partial charge is 0.256 e. The first-order chi connectivity index (χ1) is 16.3. The zero-order valence-electron chi connectivity index (χ0n) is 18.8. The zero-order chi connectivity index (χ0) is 24.3. The Morgan fingerprint density at radius 2 is 1.71 bits per heavy atom. The first-order valence-corrected chi connectivity index (χ1v) is 12.2. The number of sulfonamides is 1. The van der Waals surface area contributed by atoms with E-state index < -0.39 is 15.9 Å². The summed E-state index contributed by atoms with van der Waals surface area (Å²) < 4.78 is 27.1. The lowest BCUT2D eigenvalue weighted by atomic mass is 10.1. The number of hydrogen-bond donors (Lipinski definition) is 2. The standard InChI is InChI=1S/C25H24N4O4S/c1-3-29(4-2)34(32,33)17-12-13-24(30)23(15-17)28-25(31)19-16-22(21-11-7-8-14-26-21)27-20-10-6-5-9-18(19)20/h5-16,30H,3-4H2,1-2H3,(H,28,31). The highest BCUT2D eigenvalue weighted by atomic mass is 32.2. The van der Waals surface area contributed by atoms with Crippen molar-refractivity contribution in [1.29, 1.82) is 0 Å². The molecule has 0 aliphatic rings. The third-order valence-electron chi connectivity index (χ3n) is 5.45. The molecule has 0 bridgehead atoms. The molecule has 0 unspecified atom stereocenters. The van der Waals surface area contributed by atoms with Crippen LogP contribution in [0.1, 0.15) is 24.2 Å². The number of phenols is 1. The van der Waals surface area contributed by atoms with Crippen LogP contribution in [0, 0.1) is 0 Å². The van der Waals surface area contributed by atoms with Gasteiger partial charge in [0.15, 0.2) is 0 Å². The van der Waals surface area contributed by atoms with Crippen LogP contribution in [0.15, 0.2) is 77.8 Å². The summed E-state index contributed by atoms with van der Waals surface area (Å²) in [5, 5.41) is 13.6. The summed E-state index contributed by atoms with van der Waals surface area (Å²) >= 11 is 0. The van der Waals surface area contributed by atoms with Crippen molar-refractivity contribution in [2.24, 2.45) is 0 Å². The number of anilines is 1. The maximum Gasteiger partial charge on any atom is 0.256 e. The molecule has 2 aromatic carbocycles. The van der Waals surface area contributed by atoms with Gasteiger partial charge in [-0.25, -0.2) is 13.4 Å². The SMILES string of the molecule is CCN(CC)S(=O)(=O)c1ccc(O)c(NC(=O)c2cc(-c3ccccn3)nc3ccccc23)c1. The Morgan fingerprint density at radius 3 is 2.41 bits per heavy atom. The second kappa shape index (κ2) is 9.58. The maximum absolute atomic E-state index is 13.3. The van der Waals surface area contributed by atoms with Gasteiger partial charge in [0, 0.05) is 24.7 Å². The number of para-hydroxylation sites is 1. The second-order valence-electron chi connectivity index (χ2n) is 7.51. The quantitative estimate of drug-likeness (QED) is 0.385. The van der Waals surface area contributed by atoms with Crippen LogP contribution in [0.25, 0.3) is 22.3 Å². The fourth-order valence-corrected chi connectivity index (χ4v) is 5.17. The Bertz CT molecular complexity index is 1450. The molecule has 1 amide bonds. The van der Waals surface area contributed by atoms with E-state index in [9.17, 15) is 18.3 Å². The number of benzene rings is 2. The van der Waals surface area contributed by atoms with Crippen LogP contribution in [0.5, 0.6) is 5.75 Å². The first-order valence-electron chi connectivity index (χ1n) is 10.8. The normalized spacial score (nSPS) is 11.6. The number of pyridine rings is 2. The van der Waals surface area contributed by atoms with Gasteiger partial charge in [-0.3, -0.25) is 9.78 Å². The molecule has 0 fully saturated rings. The van der Waals surface area contributed by atoms with Crippen LogP contribution in [0.4, 0.5) is 5.69 Å². The highest BCUT2D eigenvalue weighted by molar-refractivity contribution is 7.89. The molecule has 2 N–H and O–H groups in total. The number of rotatable bonds is 7. The Morgan fingerprint density at radius 1 is 0.971 bits per heavy atom. The highest BCUT2D eigenvalue weighted by Gasteiger charge is 2.23. The van der Waals surface area contributed by atoms with Crippen LogP contribution in [0.2, 0.25) is 0 Å². The molecule has 0 saturated heterocycles. The topological polar surface area (TPSA) is 112 Å². The van der Waals surface area contributed by atoms with Gasteiger partial charge < -0.3 is 10.4 Å². The predicted molar refractivity (Wildman–Crippen MR) is 131 cm³/mol. The lowest BCUT2D eigenvalue weighted by molar-refractivity contribution is 0.102. The molecule has 8 nitrogen and oxygen atoms in total. The van der Waals surface area contributed by atoms with E-state index in [2.05, 4.69) is 15.3 Å². The molecule has 0 aliphatic carbocycles. The number of hydrogen-bond acceptors (Lipinski definition) is 6. The predicted octanol–water partition coefficient (Wildman–Crippen LogP) is 4.29. The van der Waals surface area contributed by atoms with Gasteiger partial charge in [0.2, 0.25) is 10.0 Å². The number of aromatic hydroxyl groups is 1. The fourth-order valence-electron chi connectivity index (χ4n) is 3.69. The lowest BCUT2D eigenvalue weighted by Gasteiger charge is -2.19. The molecular weight excluding hydrogens is 452 g/mol.